The Hall–Kier alpha value is -1.72. The predicted molar refractivity (Wildman–Crippen MR) is 111 cm³/mol. The van der Waals surface area contributed by atoms with Gasteiger partial charge in [0.25, 0.3) is 0 Å². The number of halogens is 1. The van der Waals surface area contributed by atoms with Crippen LogP contribution in [0.15, 0.2) is 36.4 Å². The van der Waals surface area contributed by atoms with Gasteiger partial charge in [-0.2, -0.15) is 0 Å². The molecule has 0 spiro atoms. The van der Waals surface area contributed by atoms with Gasteiger partial charge in [0, 0.05) is 44.2 Å². The van der Waals surface area contributed by atoms with Crippen LogP contribution in [-0.4, -0.2) is 67.4 Å². The largest absolute Gasteiger partial charge is 0.341 e. The molecule has 0 N–H and O–H groups in total. The molecule has 0 radical (unpaired) electrons. The minimum absolute atomic E-state index is 0.124. The molecule has 28 heavy (non-hydrogen) atoms. The van der Waals surface area contributed by atoms with E-state index in [1.807, 2.05) is 12.1 Å². The van der Waals surface area contributed by atoms with Crippen molar-refractivity contribution in [3.63, 3.8) is 0 Å². The van der Waals surface area contributed by atoms with Crippen LogP contribution in [0.4, 0.5) is 4.39 Å². The molecule has 154 valence electrons. The predicted octanol–water partition coefficient (Wildman–Crippen LogP) is 3.39. The minimum Gasteiger partial charge on any atom is -0.341 e. The number of rotatable bonds is 8. The highest BCUT2D eigenvalue weighted by molar-refractivity contribution is 5.79. The molecule has 1 unspecified atom stereocenters. The second-order valence-corrected chi connectivity index (χ2v) is 8.56. The Morgan fingerprint density at radius 2 is 1.93 bits per heavy atom. The van der Waals surface area contributed by atoms with Crippen LogP contribution in [0.3, 0.4) is 0 Å². The lowest BCUT2D eigenvalue weighted by molar-refractivity contribution is -0.136. The zero-order valence-corrected chi connectivity index (χ0v) is 17.3. The highest BCUT2D eigenvalue weighted by atomic mass is 19.1. The number of amides is 1. The molecule has 1 aliphatic heterocycles. The SMILES string of the molecule is CN(C)CCN(CC1CCCN(Cc2ccccc2F)C1)C(=O)C1CC=CC1. The van der Waals surface area contributed by atoms with Gasteiger partial charge >= 0.3 is 0 Å². The summed E-state index contributed by atoms with van der Waals surface area (Å²) in [4.78, 5) is 19.6. The Kier molecular flexibility index (Phi) is 7.63. The summed E-state index contributed by atoms with van der Waals surface area (Å²) in [7, 11) is 4.10. The van der Waals surface area contributed by atoms with E-state index in [0.29, 0.717) is 18.4 Å². The summed E-state index contributed by atoms with van der Waals surface area (Å²) in [6, 6.07) is 7.05. The smallest absolute Gasteiger partial charge is 0.226 e. The van der Waals surface area contributed by atoms with E-state index in [-0.39, 0.29) is 11.7 Å². The maximum absolute atomic E-state index is 14.0. The van der Waals surface area contributed by atoms with Gasteiger partial charge in [-0.1, -0.05) is 30.4 Å². The number of likely N-dealkylation sites (tertiary alicyclic amines) is 1. The van der Waals surface area contributed by atoms with E-state index in [1.165, 1.54) is 6.07 Å². The van der Waals surface area contributed by atoms with Gasteiger partial charge in [0.2, 0.25) is 5.91 Å². The third-order valence-corrected chi connectivity index (χ3v) is 5.92. The Morgan fingerprint density at radius 1 is 1.18 bits per heavy atom. The molecule has 2 aliphatic rings. The highest BCUT2D eigenvalue weighted by Gasteiger charge is 2.29. The summed E-state index contributed by atoms with van der Waals surface area (Å²) in [5, 5.41) is 0. The molecule has 0 bridgehead atoms. The van der Waals surface area contributed by atoms with E-state index in [2.05, 4.69) is 40.9 Å². The van der Waals surface area contributed by atoms with E-state index >= 15 is 0 Å². The lowest BCUT2D eigenvalue weighted by atomic mass is 9.95. The van der Waals surface area contributed by atoms with Gasteiger partial charge in [-0.15, -0.1) is 0 Å². The van der Waals surface area contributed by atoms with Crippen molar-refractivity contribution in [2.75, 3.05) is 46.8 Å². The second-order valence-electron chi connectivity index (χ2n) is 8.56. The van der Waals surface area contributed by atoms with Crippen LogP contribution in [0.1, 0.15) is 31.2 Å². The Bertz CT molecular complexity index is 668. The summed E-state index contributed by atoms with van der Waals surface area (Å²) < 4.78 is 14.0. The van der Waals surface area contributed by atoms with Gasteiger partial charge < -0.3 is 9.80 Å². The van der Waals surface area contributed by atoms with Crippen molar-refractivity contribution < 1.29 is 9.18 Å². The maximum atomic E-state index is 14.0. The number of hydrogen-bond acceptors (Lipinski definition) is 3. The molecule has 1 saturated heterocycles. The van der Waals surface area contributed by atoms with Crippen LogP contribution >= 0.6 is 0 Å². The molecular formula is C23H34FN3O. The van der Waals surface area contributed by atoms with Crippen molar-refractivity contribution in [3.8, 4) is 0 Å². The third kappa shape index (κ3) is 5.89. The lowest BCUT2D eigenvalue weighted by Gasteiger charge is -2.37. The normalized spacial score (nSPS) is 20.8. The minimum atomic E-state index is -0.124. The van der Waals surface area contributed by atoms with Crippen LogP contribution in [-0.2, 0) is 11.3 Å². The Morgan fingerprint density at radius 3 is 2.64 bits per heavy atom. The van der Waals surface area contributed by atoms with E-state index in [1.54, 1.807) is 6.07 Å². The lowest BCUT2D eigenvalue weighted by Crippen LogP contribution is -2.46. The first-order valence-electron chi connectivity index (χ1n) is 10.6. The molecule has 1 heterocycles. The van der Waals surface area contributed by atoms with Gasteiger partial charge in [0.15, 0.2) is 0 Å². The van der Waals surface area contributed by atoms with Crippen molar-refractivity contribution in [1.82, 2.24) is 14.7 Å². The number of allylic oxidation sites excluding steroid dienone is 2. The number of carbonyl (C=O) groups is 1. The van der Waals surface area contributed by atoms with Crippen LogP contribution in [0.5, 0.6) is 0 Å². The van der Waals surface area contributed by atoms with Gasteiger partial charge in [-0.3, -0.25) is 9.69 Å². The first-order chi connectivity index (χ1) is 13.5. The highest BCUT2D eigenvalue weighted by Crippen LogP contribution is 2.24. The van der Waals surface area contributed by atoms with Gasteiger partial charge in [-0.05, 0) is 58.3 Å². The number of piperidine rings is 1. The fraction of sp³-hybridized carbons (Fsp3) is 0.609. The summed E-state index contributed by atoms with van der Waals surface area (Å²) >= 11 is 0. The molecule has 1 fully saturated rings. The quantitative estimate of drug-likeness (QED) is 0.640. The molecule has 4 nitrogen and oxygen atoms in total. The van der Waals surface area contributed by atoms with E-state index in [9.17, 15) is 9.18 Å². The molecule has 1 aromatic carbocycles. The van der Waals surface area contributed by atoms with Crippen LogP contribution in [0.25, 0.3) is 0 Å². The van der Waals surface area contributed by atoms with Crippen molar-refractivity contribution in [1.29, 1.82) is 0 Å². The molecule has 1 atom stereocenters. The molecule has 1 aliphatic carbocycles. The second kappa shape index (κ2) is 10.2. The van der Waals surface area contributed by atoms with Crippen LogP contribution in [0.2, 0.25) is 0 Å². The number of carbonyl (C=O) groups excluding carboxylic acids is 1. The fourth-order valence-corrected chi connectivity index (χ4v) is 4.31. The third-order valence-electron chi connectivity index (χ3n) is 5.92. The maximum Gasteiger partial charge on any atom is 0.226 e. The summed E-state index contributed by atoms with van der Waals surface area (Å²) in [5.41, 5.74) is 0.765. The van der Waals surface area contributed by atoms with Crippen molar-refractivity contribution >= 4 is 5.91 Å². The first-order valence-corrected chi connectivity index (χ1v) is 10.6. The van der Waals surface area contributed by atoms with Crippen LogP contribution in [0, 0.1) is 17.7 Å². The van der Waals surface area contributed by atoms with Gasteiger partial charge in [-0.25, -0.2) is 4.39 Å². The number of likely N-dealkylation sites (N-methyl/N-ethyl adjacent to an activating group) is 1. The first kappa shape index (κ1) is 21.0. The zero-order chi connectivity index (χ0) is 19.9. The molecule has 3 rings (SSSR count). The molecule has 1 amide bonds. The number of nitrogens with zero attached hydrogens (tertiary/aromatic N) is 3. The number of hydrogen-bond donors (Lipinski definition) is 0. The topological polar surface area (TPSA) is 26.8 Å². The van der Waals surface area contributed by atoms with E-state index in [0.717, 1.165) is 64.0 Å². The molecule has 0 aromatic heterocycles. The number of benzene rings is 1. The zero-order valence-electron chi connectivity index (χ0n) is 17.3. The molecule has 0 saturated carbocycles. The van der Waals surface area contributed by atoms with Crippen molar-refractivity contribution in [2.24, 2.45) is 11.8 Å². The molecule has 5 heteroatoms. The van der Waals surface area contributed by atoms with E-state index < -0.39 is 0 Å². The van der Waals surface area contributed by atoms with Crippen molar-refractivity contribution in [2.45, 2.75) is 32.2 Å². The summed E-state index contributed by atoms with van der Waals surface area (Å²) in [6.07, 6.45) is 8.26. The molecule has 1 aromatic rings. The van der Waals surface area contributed by atoms with E-state index in [4.69, 9.17) is 0 Å². The van der Waals surface area contributed by atoms with Crippen molar-refractivity contribution in [3.05, 3.63) is 47.8 Å². The monoisotopic (exact) mass is 387 g/mol. The van der Waals surface area contributed by atoms with Gasteiger partial charge in [0.05, 0.1) is 0 Å². The van der Waals surface area contributed by atoms with Crippen LogP contribution < -0.4 is 0 Å². The Balaban J connectivity index is 1.59. The average Bonchev–Trinajstić information content (AvgIpc) is 3.21. The molecular weight excluding hydrogens is 353 g/mol. The Labute approximate surface area is 169 Å². The summed E-state index contributed by atoms with van der Waals surface area (Å²) in [6.45, 7) is 5.08. The summed E-state index contributed by atoms with van der Waals surface area (Å²) in [5.74, 6) is 0.764. The fourth-order valence-electron chi connectivity index (χ4n) is 4.31. The average molecular weight is 388 g/mol. The van der Waals surface area contributed by atoms with Gasteiger partial charge in [0.1, 0.15) is 5.82 Å². The standard InChI is InChI=1S/C23H34FN3O/c1-25(2)14-15-27(23(28)20-9-3-4-10-20)17-19-8-7-13-26(16-19)18-21-11-5-6-12-22(21)24/h3-6,11-12,19-20H,7-10,13-18H2,1-2H3.